The first-order chi connectivity index (χ1) is 6.84. The molecule has 64 valence electrons. The summed E-state index contributed by atoms with van der Waals surface area (Å²) in [5, 5.41) is 2.03. The van der Waals surface area contributed by atoms with Crippen LogP contribution in [0.4, 0.5) is 0 Å². The van der Waals surface area contributed by atoms with Crippen LogP contribution in [-0.4, -0.2) is 12.8 Å². The van der Waals surface area contributed by atoms with Gasteiger partial charge in [-0.2, -0.15) is 0 Å². The van der Waals surface area contributed by atoms with Crippen molar-refractivity contribution < 1.29 is 4.42 Å². The lowest BCUT2D eigenvalue weighted by molar-refractivity contribution is 0.654. The number of benzene rings is 1. The van der Waals surface area contributed by atoms with Crippen LogP contribution in [0.15, 0.2) is 40.9 Å². The van der Waals surface area contributed by atoms with Crippen LogP contribution in [-0.2, 0) is 0 Å². The van der Waals surface area contributed by atoms with E-state index in [4.69, 9.17) is 12.3 Å². The molecular weight excluding hydrogens is 173 g/mol. The normalized spacial score (nSPS) is 11.1. The lowest BCUT2D eigenvalue weighted by Gasteiger charge is -1.90. The molecule has 3 rings (SSSR count). The van der Waals surface area contributed by atoms with Crippen molar-refractivity contribution in [2.75, 3.05) is 0 Å². The van der Waals surface area contributed by atoms with E-state index in [-0.39, 0.29) is 0 Å². The van der Waals surface area contributed by atoms with Gasteiger partial charge in [-0.1, -0.05) is 29.7 Å². The SMILES string of the molecule is [B]c1cnc2oc3ccccc3c2c1. The van der Waals surface area contributed by atoms with Gasteiger partial charge in [-0.25, -0.2) is 4.98 Å². The molecule has 0 spiro atoms. The molecule has 0 unspecified atom stereocenters. The van der Waals surface area contributed by atoms with Gasteiger partial charge in [0.25, 0.3) is 0 Å². The van der Waals surface area contributed by atoms with Crippen LogP contribution in [0.5, 0.6) is 0 Å². The van der Waals surface area contributed by atoms with Crippen LogP contribution in [0.3, 0.4) is 0 Å². The molecule has 0 saturated heterocycles. The van der Waals surface area contributed by atoms with Crippen molar-refractivity contribution in [1.29, 1.82) is 0 Å². The lowest BCUT2D eigenvalue weighted by Crippen LogP contribution is -2.00. The molecule has 2 aromatic heterocycles. The highest BCUT2D eigenvalue weighted by atomic mass is 16.3. The number of para-hydroxylation sites is 1. The summed E-state index contributed by atoms with van der Waals surface area (Å²) in [7, 11) is 5.67. The molecule has 3 aromatic rings. The minimum atomic E-state index is 0.639. The van der Waals surface area contributed by atoms with E-state index in [1.807, 2.05) is 30.3 Å². The van der Waals surface area contributed by atoms with E-state index in [9.17, 15) is 0 Å². The molecule has 2 nitrogen and oxygen atoms in total. The Kier molecular flexibility index (Phi) is 1.42. The molecule has 0 aliphatic carbocycles. The number of nitrogens with zero attached hydrogens (tertiary/aromatic N) is 1. The summed E-state index contributed by atoms with van der Waals surface area (Å²) >= 11 is 0. The predicted octanol–water partition coefficient (Wildman–Crippen LogP) is 1.77. The molecule has 14 heavy (non-hydrogen) atoms. The van der Waals surface area contributed by atoms with Gasteiger partial charge in [-0.15, -0.1) is 0 Å². The number of aromatic nitrogens is 1. The largest absolute Gasteiger partial charge is 0.438 e. The van der Waals surface area contributed by atoms with Crippen LogP contribution >= 0.6 is 0 Å². The van der Waals surface area contributed by atoms with Gasteiger partial charge in [-0.05, 0) is 6.07 Å². The number of rotatable bonds is 0. The zero-order chi connectivity index (χ0) is 9.54. The molecule has 0 aliphatic rings. The highest BCUT2D eigenvalue weighted by Gasteiger charge is 2.05. The molecule has 1 aromatic carbocycles. The first-order valence-corrected chi connectivity index (χ1v) is 4.37. The van der Waals surface area contributed by atoms with Crippen LogP contribution in [0.1, 0.15) is 0 Å². The van der Waals surface area contributed by atoms with Gasteiger partial charge in [0, 0.05) is 17.0 Å². The van der Waals surface area contributed by atoms with Crippen molar-refractivity contribution in [3.8, 4) is 0 Å². The molecule has 0 amide bonds. The standard InChI is InChI=1S/C11H6BNO/c12-7-5-9-8-3-1-2-4-10(8)14-11(9)13-6-7/h1-6H. The Morgan fingerprint density at radius 3 is 2.93 bits per heavy atom. The Morgan fingerprint density at radius 1 is 1.14 bits per heavy atom. The van der Waals surface area contributed by atoms with Gasteiger partial charge in [0.05, 0.1) is 0 Å². The van der Waals surface area contributed by atoms with Gasteiger partial charge in [0.2, 0.25) is 5.71 Å². The number of hydrogen-bond acceptors (Lipinski definition) is 2. The zero-order valence-corrected chi connectivity index (χ0v) is 7.40. The number of fused-ring (bicyclic) bond motifs is 3. The molecule has 3 heteroatoms. The minimum absolute atomic E-state index is 0.639. The van der Waals surface area contributed by atoms with Gasteiger partial charge < -0.3 is 4.42 Å². The Labute approximate surface area is 82.0 Å². The van der Waals surface area contributed by atoms with E-state index in [2.05, 4.69) is 4.98 Å². The summed E-state index contributed by atoms with van der Waals surface area (Å²) in [6, 6.07) is 9.72. The molecule has 0 aliphatic heterocycles. The van der Waals surface area contributed by atoms with E-state index in [0.29, 0.717) is 11.2 Å². The average molecular weight is 179 g/mol. The third kappa shape index (κ3) is 0.955. The van der Waals surface area contributed by atoms with Crippen molar-refractivity contribution in [1.82, 2.24) is 4.98 Å². The van der Waals surface area contributed by atoms with Gasteiger partial charge >= 0.3 is 0 Å². The van der Waals surface area contributed by atoms with Crippen molar-refractivity contribution in [3.63, 3.8) is 0 Å². The van der Waals surface area contributed by atoms with E-state index in [1.54, 1.807) is 6.20 Å². The van der Waals surface area contributed by atoms with Gasteiger partial charge in [0.1, 0.15) is 13.4 Å². The molecule has 0 atom stereocenters. The van der Waals surface area contributed by atoms with Crippen molar-refractivity contribution >= 4 is 35.4 Å². The van der Waals surface area contributed by atoms with Crippen LogP contribution in [0.2, 0.25) is 0 Å². The van der Waals surface area contributed by atoms with Crippen molar-refractivity contribution in [3.05, 3.63) is 36.5 Å². The average Bonchev–Trinajstić information content (AvgIpc) is 2.56. The molecule has 0 N–H and O–H groups in total. The minimum Gasteiger partial charge on any atom is -0.438 e. The first-order valence-electron chi connectivity index (χ1n) is 4.37. The zero-order valence-electron chi connectivity index (χ0n) is 7.40. The summed E-state index contributed by atoms with van der Waals surface area (Å²) < 4.78 is 5.54. The topological polar surface area (TPSA) is 26.0 Å². The fraction of sp³-hybridized carbons (Fsp3) is 0. The maximum Gasteiger partial charge on any atom is 0.227 e. The third-order valence-electron chi connectivity index (χ3n) is 2.26. The highest BCUT2D eigenvalue weighted by molar-refractivity contribution is 6.33. The predicted molar refractivity (Wildman–Crippen MR) is 56.9 cm³/mol. The molecule has 0 fully saturated rings. The third-order valence-corrected chi connectivity index (χ3v) is 2.26. The summed E-state index contributed by atoms with van der Waals surface area (Å²) in [6.45, 7) is 0. The van der Waals surface area contributed by atoms with E-state index in [0.717, 1.165) is 16.4 Å². The van der Waals surface area contributed by atoms with E-state index >= 15 is 0 Å². The van der Waals surface area contributed by atoms with Crippen molar-refractivity contribution in [2.45, 2.75) is 0 Å². The van der Waals surface area contributed by atoms with Crippen molar-refractivity contribution in [2.24, 2.45) is 0 Å². The fourth-order valence-electron chi connectivity index (χ4n) is 1.62. The summed E-state index contributed by atoms with van der Waals surface area (Å²) in [5.74, 6) is 0. The van der Waals surface area contributed by atoms with Crippen LogP contribution < -0.4 is 5.46 Å². The van der Waals surface area contributed by atoms with Crippen LogP contribution in [0, 0.1) is 0 Å². The van der Waals surface area contributed by atoms with Gasteiger partial charge in [0.15, 0.2) is 0 Å². The lowest BCUT2D eigenvalue weighted by atomic mass is 9.97. The quantitative estimate of drug-likeness (QED) is 0.491. The second-order valence-corrected chi connectivity index (χ2v) is 3.22. The maximum atomic E-state index is 5.67. The smallest absolute Gasteiger partial charge is 0.227 e. The molecule has 2 heterocycles. The Bertz CT molecular complexity index is 615. The number of pyridine rings is 1. The number of hydrogen-bond donors (Lipinski definition) is 0. The summed E-state index contributed by atoms with van der Waals surface area (Å²) in [5.41, 5.74) is 2.14. The maximum absolute atomic E-state index is 5.67. The molecule has 0 bridgehead atoms. The van der Waals surface area contributed by atoms with E-state index in [1.165, 1.54) is 0 Å². The van der Waals surface area contributed by atoms with Gasteiger partial charge in [-0.3, -0.25) is 0 Å². The molecular formula is C11H6BNO. The Morgan fingerprint density at radius 2 is 2.00 bits per heavy atom. The summed E-state index contributed by atoms with van der Waals surface area (Å²) in [4.78, 5) is 4.13. The highest BCUT2D eigenvalue weighted by Crippen LogP contribution is 2.25. The molecule has 2 radical (unpaired) electrons. The second-order valence-electron chi connectivity index (χ2n) is 3.22. The Hall–Kier alpha value is -1.77. The summed E-state index contributed by atoms with van der Waals surface area (Å²) in [6.07, 6.45) is 1.60. The van der Waals surface area contributed by atoms with Crippen LogP contribution in [0.25, 0.3) is 22.1 Å². The Balaban J connectivity index is 2.58. The monoisotopic (exact) mass is 179 g/mol. The first kappa shape index (κ1) is 7.62. The molecule has 0 saturated carbocycles. The van der Waals surface area contributed by atoms with E-state index < -0.39 is 0 Å². The second kappa shape index (κ2) is 2.61. The number of furan rings is 1. The fourth-order valence-corrected chi connectivity index (χ4v) is 1.62.